The highest BCUT2D eigenvalue weighted by atomic mass is 19.1. The van der Waals surface area contributed by atoms with Crippen molar-refractivity contribution in [2.75, 3.05) is 46.4 Å². The van der Waals surface area contributed by atoms with Crippen LogP contribution in [0, 0.1) is 5.82 Å². The fraction of sp³-hybridized carbons (Fsp3) is 0.381. The normalized spacial score (nSPS) is 16.4. The number of benzene rings is 2. The van der Waals surface area contributed by atoms with Gasteiger partial charge in [-0.15, -0.1) is 0 Å². The first-order valence-corrected chi connectivity index (χ1v) is 9.15. The second-order valence-electron chi connectivity index (χ2n) is 7.14. The minimum Gasteiger partial charge on any atom is -0.492 e. The minimum absolute atomic E-state index is 0.211. The number of fused-ring (bicyclic) bond motifs is 3. The van der Waals surface area contributed by atoms with Crippen molar-refractivity contribution in [1.29, 1.82) is 0 Å². The molecule has 1 saturated heterocycles. The quantitative estimate of drug-likeness (QED) is 0.530. The van der Waals surface area contributed by atoms with E-state index in [1.807, 2.05) is 35.9 Å². The highest BCUT2D eigenvalue weighted by Crippen LogP contribution is 2.26. The molecule has 0 unspecified atom stereocenters. The molecular formula is C21H25FN3O+. The fourth-order valence-corrected chi connectivity index (χ4v) is 3.66. The topological polar surface area (TPSA) is 19.6 Å². The van der Waals surface area contributed by atoms with Crippen LogP contribution in [-0.2, 0) is 7.05 Å². The third-order valence-corrected chi connectivity index (χ3v) is 5.26. The second kappa shape index (κ2) is 7.17. The van der Waals surface area contributed by atoms with Crippen molar-refractivity contribution in [3.05, 3.63) is 48.4 Å². The van der Waals surface area contributed by atoms with Crippen LogP contribution in [0.4, 0.5) is 4.39 Å². The zero-order chi connectivity index (χ0) is 18.1. The molecule has 136 valence electrons. The van der Waals surface area contributed by atoms with Gasteiger partial charge in [-0.05, 0) is 37.4 Å². The van der Waals surface area contributed by atoms with Crippen LogP contribution < -0.4 is 9.30 Å². The summed E-state index contributed by atoms with van der Waals surface area (Å²) in [5, 5.41) is 3.03. The van der Waals surface area contributed by atoms with E-state index in [0.717, 1.165) is 60.1 Å². The van der Waals surface area contributed by atoms with Gasteiger partial charge in [0, 0.05) is 44.2 Å². The minimum atomic E-state index is -0.211. The fourth-order valence-electron chi connectivity index (χ4n) is 3.66. The zero-order valence-corrected chi connectivity index (χ0v) is 15.4. The molecule has 0 amide bonds. The van der Waals surface area contributed by atoms with Crippen LogP contribution in [0.1, 0.15) is 0 Å². The number of nitrogens with zero attached hydrogens (tertiary/aromatic N) is 3. The van der Waals surface area contributed by atoms with Gasteiger partial charge in [0.05, 0.1) is 10.8 Å². The van der Waals surface area contributed by atoms with E-state index in [0.29, 0.717) is 6.61 Å². The maximum absolute atomic E-state index is 13.7. The summed E-state index contributed by atoms with van der Waals surface area (Å²) in [7, 11) is 4.15. The molecule has 26 heavy (non-hydrogen) atoms. The molecule has 5 heteroatoms. The Kier molecular flexibility index (Phi) is 4.74. The number of hydrogen-bond donors (Lipinski definition) is 0. The van der Waals surface area contributed by atoms with Gasteiger partial charge >= 0.3 is 0 Å². The van der Waals surface area contributed by atoms with Gasteiger partial charge in [-0.2, -0.15) is 0 Å². The number of pyridine rings is 1. The predicted octanol–water partition coefficient (Wildman–Crippen LogP) is 2.58. The van der Waals surface area contributed by atoms with Gasteiger partial charge in [0.25, 0.3) is 0 Å². The molecule has 0 atom stereocenters. The smallest absolute Gasteiger partial charge is 0.213 e. The lowest BCUT2D eigenvalue weighted by Gasteiger charge is -2.32. The summed E-state index contributed by atoms with van der Waals surface area (Å²) in [6.07, 6.45) is 2.07. The van der Waals surface area contributed by atoms with Gasteiger partial charge in [-0.3, -0.25) is 4.90 Å². The van der Waals surface area contributed by atoms with E-state index in [4.69, 9.17) is 4.74 Å². The lowest BCUT2D eigenvalue weighted by molar-refractivity contribution is -0.643. The molecule has 1 fully saturated rings. The van der Waals surface area contributed by atoms with Crippen molar-refractivity contribution in [3.8, 4) is 5.75 Å². The van der Waals surface area contributed by atoms with E-state index < -0.39 is 0 Å². The van der Waals surface area contributed by atoms with E-state index in [9.17, 15) is 4.39 Å². The monoisotopic (exact) mass is 354 g/mol. The molecule has 0 bridgehead atoms. The van der Waals surface area contributed by atoms with Crippen molar-refractivity contribution < 1.29 is 13.7 Å². The number of likely N-dealkylation sites (N-methyl/N-ethyl adjacent to an activating group) is 1. The molecule has 2 aromatic carbocycles. The third kappa shape index (κ3) is 3.50. The molecule has 0 saturated carbocycles. The van der Waals surface area contributed by atoms with Crippen LogP contribution in [0.5, 0.6) is 5.75 Å². The summed E-state index contributed by atoms with van der Waals surface area (Å²) >= 11 is 0. The standard InChI is InChI=1S/C21H25FN3O/c1-23-7-9-25(10-8-23)11-12-26-18-4-5-19-16(13-18)15-24(2)21-6-3-17(22)14-20(19)21/h3-6,13-15H,7-12H2,1-2H3/q+1. The largest absolute Gasteiger partial charge is 0.492 e. The number of halogens is 1. The molecule has 2 heterocycles. The van der Waals surface area contributed by atoms with Gasteiger partial charge in [0.2, 0.25) is 5.52 Å². The number of hydrogen-bond acceptors (Lipinski definition) is 3. The predicted molar refractivity (Wildman–Crippen MR) is 102 cm³/mol. The second-order valence-corrected chi connectivity index (χ2v) is 7.14. The number of aryl methyl sites for hydroxylation is 1. The van der Waals surface area contributed by atoms with Crippen LogP contribution in [-0.4, -0.2) is 56.2 Å². The summed E-state index contributed by atoms with van der Waals surface area (Å²) in [5.41, 5.74) is 1.02. The number of piperazine rings is 1. The molecule has 0 spiro atoms. The van der Waals surface area contributed by atoms with E-state index >= 15 is 0 Å². The summed E-state index contributed by atoms with van der Waals surface area (Å²) in [5.74, 6) is 0.653. The average Bonchev–Trinajstić information content (AvgIpc) is 2.63. The van der Waals surface area contributed by atoms with Gasteiger partial charge in [-0.1, -0.05) is 0 Å². The van der Waals surface area contributed by atoms with Crippen molar-refractivity contribution in [3.63, 3.8) is 0 Å². The van der Waals surface area contributed by atoms with Gasteiger partial charge in [0.1, 0.15) is 25.2 Å². The zero-order valence-electron chi connectivity index (χ0n) is 15.4. The van der Waals surface area contributed by atoms with Crippen LogP contribution in [0.3, 0.4) is 0 Å². The van der Waals surface area contributed by atoms with Gasteiger partial charge in [-0.25, -0.2) is 8.96 Å². The van der Waals surface area contributed by atoms with Crippen LogP contribution in [0.25, 0.3) is 21.7 Å². The molecule has 4 rings (SSSR count). The number of rotatable bonds is 4. The average molecular weight is 354 g/mol. The molecule has 1 aromatic heterocycles. The van der Waals surface area contributed by atoms with Crippen LogP contribution in [0.15, 0.2) is 42.6 Å². The molecule has 0 aliphatic carbocycles. The molecule has 0 N–H and O–H groups in total. The highest BCUT2D eigenvalue weighted by Gasteiger charge is 2.14. The van der Waals surface area contributed by atoms with Gasteiger partial charge < -0.3 is 9.64 Å². The molecule has 3 aromatic rings. The van der Waals surface area contributed by atoms with Crippen molar-refractivity contribution in [2.45, 2.75) is 0 Å². The molecule has 0 radical (unpaired) electrons. The molecule has 1 aliphatic rings. The van der Waals surface area contributed by atoms with Gasteiger partial charge in [0.15, 0.2) is 6.20 Å². The summed E-state index contributed by atoms with van der Waals surface area (Å²) in [4.78, 5) is 4.80. The maximum atomic E-state index is 13.7. The van der Waals surface area contributed by atoms with E-state index in [1.165, 1.54) is 6.07 Å². The number of ether oxygens (including phenoxy) is 1. The Balaban J connectivity index is 1.51. The first kappa shape index (κ1) is 17.2. The lowest BCUT2D eigenvalue weighted by atomic mass is 10.1. The van der Waals surface area contributed by atoms with E-state index in [2.05, 4.69) is 23.0 Å². The van der Waals surface area contributed by atoms with Crippen LogP contribution >= 0.6 is 0 Å². The molecular weight excluding hydrogens is 329 g/mol. The van der Waals surface area contributed by atoms with E-state index in [-0.39, 0.29) is 5.82 Å². The summed E-state index contributed by atoms with van der Waals surface area (Å²) < 4.78 is 21.7. The van der Waals surface area contributed by atoms with Crippen molar-refractivity contribution >= 4 is 21.7 Å². The van der Waals surface area contributed by atoms with E-state index in [1.54, 1.807) is 6.07 Å². The Hall–Kier alpha value is -2.24. The van der Waals surface area contributed by atoms with Crippen molar-refractivity contribution in [1.82, 2.24) is 9.80 Å². The third-order valence-electron chi connectivity index (χ3n) is 5.26. The molecule has 4 nitrogen and oxygen atoms in total. The van der Waals surface area contributed by atoms with Crippen molar-refractivity contribution in [2.24, 2.45) is 7.05 Å². The Labute approximate surface area is 153 Å². The highest BCUT2D eigenvalue weighted by molar-refractivity contribution is 6.04. The van der Waals surface area contributed by atoms with Crippen LogP contribution in [0.2, 0.25) is 0 Å². The first-order valence-electron chi connectivity index (χ1n) is 9.15. The Morgan fingerprint density at radius 2 is 1.85 bits per heavy atom. The summed E-state index contributed by atoms with van der Waals surface area (Å²) in [6, 6.07) is 11.0. The Morgan fingerprint density at radius 3 is 2.65 bits per heavy atom. The molecule has 1 aliphatic heterocycles. The SMILES string of the molecule is CN1CCN(CCOc2ccc3c(c2)c[n+](C)c2ccc(F)cc32)CC1. The lowest BCUT2D eigenvalue weighted by Crippen LogP contribution is -2.45. The Bertz CT molecular complexity index is 935. The summed E-state index contributed by atoms with van der Waals surface area (Å²) in [6.45, 7) is 6.08. The Morgan fingerprint density at radius 1 is 1.04 bits per heavy atom. The number of aromatic nitrogens is 1. The first-order chi connectivity index (χ1) is 12.6. The maximum Gasteiger partial charge on any atom is 0.213 e.